The summed E-state index contributed by atoms with van der Waals surface area (Å²) in [5, 5.41) is 17.9. The van der Waals surface area contributed by atoms with E-state index < -0.39 is 42.9 Å². The van der Waals surface area contributed by atoms with Gasteiger partial charge in [-0.15, -0.1) is 5.10 Å². The maximum absolute atomic E-state index is 12.5. The first kappa shape index (κ1) is 19.6. The van der Waals surface area contributed by atoms with E-state index in [-0.39, 0.29) is 11.5 Å². The summed E-state index contributed by atoms with van der Waals surface area (Å²) in [6, 6.07) is 1.78. The molecular weight excluding hydrogens is 372 g/mol. The molecule has 0 aliphatic heterocycles. The van der Waals surface area contributed by atoms with Crippen molar-refractivity contribution in [3.8, 4) is 5.82 Å². The van der Waals surface area contributed by atoms with Gasteiger partial charge in [-0.2, -0.15) is 26.3 Å². The van der Waals surface area contributed by atoms with Gasteiger partial charge in [0.25, 0.3) is 5.91 Å². The summed E-state index contributed by atoms with van der Waals surface area (Å²) in [4.78, 5) is 15.3. The van der Waals surface area contributed by atoms with E-state index in [9.17, 15) is 31.1 Å². The number of hydrogen-bond donors (Lipinski definition) is 2. The molecular formula is C13H11F6N5O2. The van der Waals surface area contributed by atoms with Gasteiger partial charge in [0.2, 0.25) is 0 Å². The fraction of sp³-hybridized carbons (Fsp3) is 0.385. The van der Waals surface area contributed by atoms with Crippen LogP contribution in [0, 0.1) is 0 Å². The Morgan fingerprint density at radius 1 is 1.23 bits per heavy atom. The van der Waals surface area contributed by atoms with Gasteiger partial charge in [0, 0.05) is 12.7 Å². The smallest absolute Gasteiger partial charge is 0.384 e. The van der Waals surface area contributed by atoms with Crippen LogP contribution in [-0.2, 0) is 6.18 Å². The van der Waals surface area contributed by atoms with Crippen LogP contribution in [0.15, 0.2) is 24.5 Å². The second-order valence-corrected chi connectivity index (χ2v) is 5.05. The van der Waals surface area contributed by atoms with Gasteiger partial charge in [0.1, 0.15) is 0 Å². The Kier molecular flexibility index (Phi) is 5.49. The van der Waals surface area contributed by atoms with Crippen LogP contribution in [0.3, 0.4) is 0 Å². The van der Waals surface area contributed by atoms with Crippen LogP contribution in [0.25, 0.3) is 5.82 Å². The predicted molar refractivity (Wildman–Crippen MR) is 73.2 cm³/mol. The SMILES string of the molecule is O=C(NCC[C@@H](O)C(F)(F)F)c1cn(-c2ccc(C(F)(F)F)cn2)nn1. The first-order chi connectivity index (χ1) is 12.0. The summed E-state index contributed by atoms with van der Waals surface area (Å²) in [5.74, 6) is -0.908. The molecule has 13 heteroatoms. The number of amides is 1. The molecule has 2 aromatic heterocycles. The highest BCUT2D eigenvalue weighted by Crippen LogP contribution is 2.28. The Bertz CT molecular complexity index is 756. The van der Waals surface area contributed by atoms with Gasteiger partial charge in [-0.05, 0) is 18.6 Å². The topological polar surface area (TPSA) is 92.9 Å². The van der Waals surface area contributed by atoms with Gasteiger partial charge in [0.05, 0.1) is 11.8 Å². The second-order valence-electron chi connectivity index (χ2n) is 5.05. The zero-order chi connectivity index (χ0) is 19.5. The normalized spacial score (nSPS) is 13.5. The molecule has 2 N–H and O–H groups in total. The molecule has 0 saturated carbocycles. The van der Waals surface area contributed by atoms with Gasteiger partial charge in [-0.3, -0.25) is 4.79 Å². The number of aliphatic hydroxyl groups is 1. The Hall–Kier alpha value is -2.70. The van der Waals surface area contributed by atoms with Crippen molar-refractivity contribution in [2.75, 3.05) is 6.54 Å². The van der Waals surface area contributed by atoms with Gasteiger partial charge < -0.3 is 10.4 Å². The quantitative estimate of drug-likeness (QED) is 0.767. The van der Waals surface area contributed by atoms with Crippen molar-refractivity contribution in [1.29, 1.82) is 0 Å². The first-order valence-electron chi connectivity index (χ1n) is 6.97. The summed E-state index contributed by atoms with van der Waals surface area (Å²) in [5.41, 5.74) is -1.25. The summed E-state index contributed by atoms with van der Waals surface area (Å²) < 4.78 is 74.7. The molecule has 0 fully saturated rings. The first-order valence-corrected chi connectivity index (χ1v) is 6.97. The zero-order valence-corrected chi connectivity index (χ0v) is 12.7. The molecule has 26 heavy (non-hydrogen) atoms. The van der Waals surface area contributed by atoms with E-state index >= 15 is 0 Å². The van der Waals surface area contributed by atoms with Crippen molar-refractivity contribution in [3.05, 3.63) is 35.8 Å². The molecule has 0 spiro atoms. The minimum atomic E-state index is -4.79. The third-order valence-corrected chi connectivity index (χ3v) is 3.12. The number of rotatable bonds is 5. The molecule has 0 radical (unpaired) electrons. The third kappa shape index (κ3) is 4.91. The van der Waals surface area contributed by atoms with E-state index in [1.54, 1.807) is 0 Å². The molecule has 0 aliphatic carbocycles. The van der Waals surface area contributed by atoms with Gasteiger partial charge in [0.15, 0.2) is 17.6 Å². The molecule has 0 unspecified atom stereocenters. The molecule has 1 amide bonds. The molecule has 0 saturated heterocycles. The van der Waals surface area contributed by atoms with Crippen molar-refractivity contribution in [2.24, 2.45) is 0 Å². The number of carbonyl (C=O) groups is 1. The number of nitrogens with one attached hydrogen (secondary N) is 1. The molecule has 142 valence electrons. The van der Waals surface area contributed by atoms with Crippen molar-refractivity contribution < 1.29 is 36.2 Å². The van der Waals surface area contributed by atoms with E-state index in [0.717, 1.165) is 23.0 Å². The second kappa shape index (κ2) is 7.27. The molecule has 2 heterocycles. The van der Waals surface area contributed by atoms with Gasteiger partial charge >= 0.3 is 12.4 Å². The van der Waals surface area contributed by atoms with Crippen molar-refractivity contribution >= 4 is 5.91 Å². The number of carbonyl (C=O) groups excluding carboxylic acids is 1. The summed E-state index contributed by atoms with van der Waals surface area (Å²) in [7, 11) is 0. The number of halogens is 6. The predicted octanol–water partition coefficient (Wildman–Crippen LogP) is 1.72. The maximum atomic E-state index is 12.5. The molecule has 1 atom stereocenters. The van der Waals surface area contributed by atoms with Crippen LogP contribution in [0.5, 0.6) is 0 Å². The van der Waals surface area contributed by atoms with E-state index in [1.807, 2.05) is 0 Å². The van der Waals surface area contributed by atoms with Crippen LogP contribution in [-0.4, -0.2) is 49.8 Å². The van der Waals surface area contributed by atoms with Crippen LogP contribution in [0.4, 0.5) is 26.3 Å². The Balaban J connectivity index is 1.97. The Morgan fingerprint density at radius 3 is 2.46 bits per heavy atom. The number of aromatic nitrogens is 4. The fourth-order valence-electron chi connectivity index (χ4n) is 1.75. The van der Waals surface area contributed by atoms with Crippen LogP contribution < -0.4 is 5.32 Å². The van der Waals surface area contributed by atoms with E-state index in [1.165, 1.54) is 0 Å². The molecule has 2 aromatic rings. The highest BCUT2D eigenvalue weighted by molar-refractivity contribution is 5.91. The average molecular weight is 383 g/mol. The lowest BCUT2D eigenvalue weighted by Gasteiger charge is -2.14. The minimum absolute atomic E-state index is 0.0444. The lowest BCUT2D eigenvalue weighted by molar-refractivity contribution is -0.204. The highest BCUT2D eigenvalue weighted by atomic mass is 19.4. The molecule has 7 nitrogen and oxygen atoms in total. The molecule has 0 aromatic carbocycles. The van der Waals surface area contributed by atoms with E-state index in [2.05, 4.69) is 20.6 Å². The lowest BCUT2D eigenvalue weighted by Crippen LogP contribution is -2.34. The zero-order valence-electron chi connectivity index (χ0n) is 12.7. The molecule has 0 bridgehead atoms. The van der Waals surface area contributed by atoms with E-state index in [4.69, 9.17) is 5.11 Å². The monoisotopic (exact) mass is 383 g/mol. The molecule has 0 aliphatic rings. The number of nitrogens with zero attached hydrogens (tertiary/aromatic N) is 4. The van der Waals surface area contributed by atoms with E-state index in [0.29, 0.717) is 6.20 Å². The summed E-state index contributed by atoms with van der Waals surface area (Å²) in [6.07, 6.45) is -11.0. The Morgan fingerprint density at radius 2 is 1.92 bits per heavy atom. The van der Waals surface area contributed by atoms with Crippen molar-refractivity contribution in [3.63, 3.8) is 0 Å². The minimum Gasteiger partial charge on any atom is -0.384 e. The van der Waals surface area contributed by atoms with Crippen LogP contribution >= 0.6 is 0 Å². The molecule has 2 rings (SSSR count). The van der Waals surface area contributed by atoms with Crippen LogP contribution in [0.2, 0.25) is 0 Å². The van der Waals surface area contributed by atoms with Gasteiger partial charge in [-0.1, -0.05) is 5.21 Å². The number of aliphatic hydroxyl groups excluding tert-OH is 1. The Labute approximate surface area is 141 Å². The van der Waals surface area contributed by atoms with Crippen LogP contribution in [0.1, 0.15) is 22.5 Å². The average Bonchev–Trinajstić information content (AvgIpc) is 3.03. The highest BCUT2D eigenvalue weighted by Gasteiger charge is 2.37. The lowest BCUT2D eigenvalue weighted by atomic mass is 10.2. The van der Waals surface area contributed by atoms with Crippen molar-refractivity contribution in [2.45, 2.75) is 24.9 Å². The third-order valence-electron chi connectivity index (χ3n) is 3.12. The number of hydrogen-bond acceptors (Lipinski definition) is 5. The van der Waals surface area contributed by atoms with Crippen molar-refractivity contribution in [1.82, 2.24) is 25.3 Å². The summed E-state index contributed by atoms with van der Waals surface area (Å²) >= 11 is 0. The summed E-state index contributed by atoms with van der Waals surface area (Å²) in [6.45, 7) is -0.467. The number of alkyl halides is 6. The van der Waals surface area contributed by atoms with Gasteiger partial charge in [-0.25, -0.2) is 9.67 Å². The maximum Gasteiger partial charge on any atom is 0.417 e. The number of pyridine rings is 1. The fourth-order valence-corrected chi connectivity index (χ4v) is 1.75. The standard InChI is InChI=1S/C13H11F6N5O2/c14-12(15,16)7-1-2-10(21-5-7)24-6-8(22-23-24)11(26)20-4-3-9(25)13(17,18)19/h1-2,5-6,9,25H,3-4H2,(H,20,26)/t9-/m1/s1. The largest absolute Gasteiger partial charge is 0.417 e.